The molecule has 0 aliphatic heterocycles. The second-order valence-corrected chi connectivity index (χ2v) is 3.23. The number of hydrogen-bond donors (Lipinski definition) is 0. The molecule has 0 aliphatic rings. The van der Waals surface area contributed by atoms with E-state index in [0.717, 1.165) is 0 Å². The molecule has 0 atom stereocenters. The molecular formula is C13H14Cl2. The summed E-state index contributed by atoms with van der Waals surface area (Å²) in [4.78, 5) is 0. The van der Waals surface area contributed by atoms with E-state index < -0.39 is 0 Å². The molecule has 2 rings (SSSR count). The van der Waals surface area contributed by atoms with E-state index in [-0.39, 0.29) is 24.8 Å². The first-order valence-electron chi connectivity index (χ1n) is 4.48. The predicted octanol–water partition coefficient (Wildman–Crippen LogP) is 4.51. The smallest absolute Gasteiger partial charge is 0.0184 e. The van der Waals surface area contributed by atoms with Gasteiger partial charge in [0.25, 0.3) is 0 Å². The van der Waals surface area contributed by atoms with Crippen LogP contribution in [0.4, 0.5) is 0 Å². The van der Waals surface area contributed by atoms with Crippen LogP contribution in [-0.2, 0) is 0 Å². The fraction of sp³-hybridized carbons (Fsp3) is 0.0769. The summed E-state index contributed by atoms with van der Waals surface area (Å²) in [5, 5.41) is 0. The van der Waals surface area contributed by atoms with E-state index in [1.165, 1.54) is 16.7 Å². The van der Waals surface area contributed by atoms with Crippen LogP contribution in [0, 0.1) is 6.92 Å². The highest BCUT2D eigenvalue weighted by Crippen LogP contribution is 2.18. The maximum Gasteiger partial charge on any atom is -0.0184 e. The van der Waals surface area contributed by atoms with Gasteiger partial charge in [-0.05, 0) is 18.1 Å². The minimum Gasteiger partial charge on any atom is -0.147 e. The Kier molecular flexibility index (Phi) is 6.07. The van der Waals surface area contributed by atoms with E-state index in [9.17, 15) is 0 Å². The molecule has 0 radical (unpaired) electrons. The van der Waals surface area contributed by atoms with Crippen LogP contribution in [0.25, 0.3) is 11.1 Å². The molecule has 0 spiro atoms. The van der Waals surface area contributed by atoms with E-state index in [1.807, 2.05) is 6.07 Å². The zero-order chi connectivity index (χ0) is 9.10. The molecule has 0 amide bonds. The van der Waals surface area contributed by atoms with Crippen molar-refractivity contribution in [2.75, 3.05) is 0 Å². The third-order valence-electron chi connectivity index (χ3n) is 2.16. The van der Waals surface area contributed by atoms with Crippen molar-refractivity contribution in [3.8, 4) is 11.1 Å². The highest BCUT2D eigenvalue weighted by atomic mass is 35.5. The fourth-order valence-corrected chi connectivity index (χ4v) is 1.38. The Morgan fingerprint density at radius 1 is 0.600 bits per heavy atom. The van der Waals surface area contributed by atoms with Crippen molar-refractivity contribution in [2.45, 2.75) is 6.92 Å². The second-order valence-electron chi connectivity index (χ2n) is 3.23. The number of aryl methyl sites for hydroxylation is 1. The van der Waals surface area contributed by atoms with Gasteiger partial charge >= 0.3 is 0 Å². The van der Waals surface area contributed by atoms with Crippen LogP contribution >= 0.6 is 24.8 Å². The molecule has 0 saturated carbocycles. The van der Waals surface area contributed by atoms with Crippen molar-refractivity contribution >= 4 is 24.8 Å². The zero-order valence-electron chi connectivity index (χ0n) is 8.51. The van der Waals surface area contributed by atoms with Gasteiger partial charge in [0, 0.05) is 0 Å². The van der Waals surface area contributed by atoms with Crippen molar-refractivity contribution < 1.29 is 0 Å². The maximum absolute atomic E-state index is 2.16. The molecular weight excluding hydrogens is 227 g/mol. The number of hydrogen-bond acceptors (Lipinski definition) is 0. The lowest BCUT2D eigenvalue weighted by molar-refractivity contribution is 1.47. The Balaban J connectivity index is 0.000000980. The van der Waals surface area contributed by atoms with Crippen molar-refractivity contribution in [1.29, 1.82) is 0 Å². The number of benzene rings is 2. The average molecular weight is 241 g/mol. The summed E-state index contributed by atoms with van der Waals surface area (Å²) in [6.45, 7) is 2.11. The molecule has 0 bridgehead atoms. The van der Waals surface area contributed by atoms with Crippen LogP contribution < -0.4 is 0 Å². The molecule has 80 valence electrons. The zero-order valence-corrected chi connectivity index (χ0v) is 10.1. The van der Waals surface area contributed by atoms with Crippen molar-refractivity contribution in [3.05, 3.63) is 60.2 Å². The van der Waals surface area contributed by atoms with E-state index in [4.69, 9.17) is 0 Å². The standard InChI is InChI=1S/C13H12.2ClH/c1-11-7-9-13(10-8-11)12-5-3-2-4-6-12;;/h2-10H,1H3;2*1H. The van der Waals surface area contributed by atoms with Crippen molar-refractivity contribution in [3.63, 3.8) is 0 Å². The molecule has 15 heavy (non-hydrogen) atoms. The third kappa shape index (κ3) is 3.58. The van der Waals surface area contributed by atoms with Crippen LogP contribution in [0.15, 0.2) is 54.6 Å². The molecule has 0 aromatic heterocycles. The van der Waals surface area contributed by atoms with E-state index in [1.54, 1.807) is 0 Å². The Hall–Kier alpha value is -0.980. The van der Waals surface area contributed by atoms with Gasteiger partial charge < -0.3 is 0 Å². The average Bonchev–Trinajstić information content (AvgIpc) is 2.20. The van der Waals surface area contributed by atoms with E-state index >= 15 is 0 Å². The van der Waals surface area contributed by atoms with Gasteiger partial charge in [-0.1, -0.05) is 60.2 Å². The second kappa shape index (κ2) is 6.49. The summed E-state index contributed by atoms with van der Waals surface area (Å²) in [5.41, 5.74) is 3.87. The Morgan fingerprint density at radius 3 is 1.60 bits per heavy atom. The van der Waals surface area contributed by atoms with Crippen LogP contribution in [-0.4, -0.2) is 0 Å². The van der Waals surface area contributed by atoms with Gasteiger partial charge in [-0.15, -0.1) is 24.8 Å². The Morgan fingerprint density at radius 2 is 1.07 bits per heavy atom. The van der Waals surface area contributed by atoms with E-state index in [0.29, 0.717) is 0 Å². The SMILES string of the molecule is Cc1ccc(-c2ccccc2)cc1.Cl.Cl. The van der Waals surface area contributed by atoms with Gasteiger partial charge in [-0.3, -0.25) is 0 Å². The normalized spacial score (nSPS) is 8.60. The highest BCUT2D eigenvalue weighted by Gasteiger charge is 1.93. The van der Waals surface area contributed by atoms with Gasteiger partial charge in [0.1, 0.15) is 0 Å². The molecule has 2 aromatic carbocycles. The quantitative estimate of drug-likeness (QED) is 0.689. The Labute approximate surface area is 103 Å². The first-order chi connectivity index (χ1) is 6.36. The van der Waals surface area contributed by atoms with Crippen LogP contribution in [0.2, 0.25) is 0 Å². The molecule has 2 heteroatoms. The van der Waals surface area contributed by atoms with Crippen LogP contribution in [0.3, 0.4) is 0 Å². The largest absolute Gasteiger partial charge is 0.147 e. The first-order valence-corrected chi connectivity index (χ1v) is 4.48. The number of rotatable bonds is 1. The molecule has 0 saturated heterocycles. The van der Waals surface area contributed by atoms with Gasteiger partial charge in [0.2, 0.25) is 0 Å². The summed E-state index contributed by atoms with van der Waals surface area (Å²) >= 11 is 0. The summed E-state index contributed by atoms with van der Waals surface area (Å²) in [5.74, 6) is 0. The van der Waals surface area contributed by atoms with Gasteiger partial charge in [0.05, 0.1) is 0 Å². The molecule has 0 fully saturated rings. The van der Waals surface area contributed by atoms with Crippen molar-refractivity contribution in [1.82, 2.24) is 0 Å². The third-order valence-corrected chi connectivity index (χ3v) is 2.16. The lowest BCUT2D eigenvalue weighted by atomic mass is 10.0. The van der Waals surface area contributed by atoms with Gasteiger partial charge in [0.15, 0.2) is 0 Å². The Bertz CT molecular complexity index is 379. The van der Waals surface area contributed by atoms with Gasteiger partial charge in [-0.2, -0.15) is 0 Å². The predicted molar refractivity (Wildman–Crippen MR) is 71.1 cm³/mol. The summed E-state index contributed by atoms with van der Waals surface area (Å²) in [7, 11) is 0. The molecule has 0 N–H and O–H groups in total. The summed E-state index contributed by atoms with van der Waals surface area (Å²) in [6, 6.07) is 19.0. The summed E-state index contributed by atoms with van der Waals surface area (Å²) < 4.78 is 0. The van der Waals surface area contributed by atoms with Gasteiger partial charge in [-0.25, -0.2) is 0 Å². The molecule has 0 nitrogen and oxygen atoms in total. The lowest BCUT2D eigenvalue weighted by Gasteiger charge is -2.00. The molecule has 0 unspecified atom stereocenters. The monoisotopic (exact) mass is 240 g/mol. The van der Waals surface area contributed by atoms with Crippen LogP contribution in [0.5, 0.6) is 0 Å². The highest BCUT2D eigenvalue weighted by molar-refractivity contribution is 5.85. The molecule has 0 aliphatic carbocycles. The molecule has 0 heterocycles. The minimum absolute atomic E-state index is 0. The maximum atomic E-state index is 2.16. The summed E-state index contributed by atoms with van der Waals surface area (Å²) in [6.07, 6.45) is 0. The van der Waals surface area contributed by atoms with Crippen LogP contribution in [0.1, 0.15) is 5.56 Å². The first kappa shape index (κ1) is 14.0. The minimum atomic E-state index is 0. The molecule has 2 aromatic rings. The van der Waals surface area contributed by atoms with Crippen molar-refractivity contribution in [2.24, 2.45) is 0 Å². The fourth-order valence-electron chi connectivity index (χ4n) is 1.38. The number of halogens is 2. The topological polar surface area (TPSA) is 0 Å². The van der Waals surface area contributed by atoms with E-state index in [2.05, 4.69) is 55.5 Å². The lowest BCUT2D eigenvalue weighted by Crippen LogP contribution is -1.76.